The lowest BCUT2D eigenvalue weighted by Crippen LogP contribution is -2.37. The molecule has 3 nitrogen and oxygen atoms in total. The van der Waals surface area contributed by atoms with E-state index in [1.807, 2.05) is 30.3 Å². The van der Waals surface area contributed by atoms with E-state index >= 15 is 0 Å². The molecule has 0 saturated carbocycles. The molecule has 0 fully saturated rings. The summed E-state index contributed by atoms with van der Waals surface area (Å²) >= 11 is 0. The molecule has 2 aromatic rings. The standard InChI is InChI=1S/C22H31NO2/c1-18(2)13-23(14-21-12-8-7-9-19(21)3)15-22(24)17-25-16-20-10-5-4-6-11-20/h4-12,18,22,24H,13-17H2,1-3H3/t22-/m0/s1. The second kappa shape index (κ2) is 10.3. The molecule has 0 bridgehead atoms. The first-order chi connectivity index (χ1) is 12.0. The van der Waals surface area contributed by atoms with E-state index in [0.717, 1.165) is 18.7 Å². The molecule has 0 aliphatic heterocycles. The summed E-state index contributed by atoms with van der Waals surface area (Å²) in [4.78, 5) is 2.32. The molecule has 0 heterocycles. The van der Waals surface area contributed by atoms with Gasteiger partial charge in [0.05, 0.1) is 19.3 Å². The fourth-order valence-electron chi connectivity index (χ4n) is 2.99. The van der Waals surface area contributed by atoms with Crippen LogP contribution < -0.4 is 0 Å². The van der Waals surface area contributed by atoms with E-state index in [-0.39, 0.29) is 0 Å². The Bertz CT molecular complexity index is 612. The zero-order valence-corrected chi connectivity index (χ0v) is 15.7. The van der Waals surface area contributed by atoms with Gasteiger partial charge in [0, 0.05) is 19.6 Å². The molecule has 0 amide bonds. The number of aliphatic hydroxyl groups is 1. The molecule has 0 radical (unpaired) electrons. The van der Waals surface area contributed by atoms with Crippen LogP contribution >= 0.6 is 0 Å². The van der Waals surface area contributed by atoms with Gasteiger partial charge in [-0.3, -0.25) is 4.90 Å². The molecule has 0 unspecified atom stereocenters. The molecular weight excluding hydrogens is 310 g/mol. The third-order valence-corrected chi connectivity index (χ3v) is 4.17. The summed E-state index contributed by atoms with van der Waals surface area (Å²) in [6.07, 6.45) is -0.480. The highest BCUT2D eigenvalue weighted by atomic mass is 16.5. The van der Waals surface area contributed by atoms with E-state index in [1.54, 1.807) is 0 Å². The highest BCUT2D eigenvalue weighted by Gasteiger charge is 2.15. The van der Waals surface area contributed by atoms with Crippen molar-refractivity contribution in [2.24, 2.45) is 5.92 Å². The van der Waals surface area contributed by atoms with Gasteiger partial charge in [-0.25, -0.2) is 0 Å². The normalized spacial score (nSPS) is 12.7. The van der Waals surface area contributed by atoms with Crippen LogP contribution in [0.1, 0.15) is 30.5 Å². The maximum absolute atomic E-state index is 10.4. The Morgan fingerprint density at radius 2 is 1.64 bits per heavy atom. The number of aliphatic hydroxyl groups excluding tert-OH is 1. The lowest BCUT2D eigenvalue weighted by Gasteiger charge is -2.27. The number of aryl methyl sites for hydroxylation is 1. The molecule has 0 saturated heterocycles. The molecule has 136 valence electrons. The molecule has 0 aliphatic carbocycles. The van der Waals surface area contributed by atoms with Gasteiger partial charge in [-0.15, -0.1) is 0 Å². The smallest absolute Gasteiger partial charge is 0.0900 e. The second-order valence-electron chi connectivity index (χ2n) is 7.17. The predicted molar refractivity (Wildman–Crippen MR) is 103 cm³/mol. The molecule has 3 heteroatoms. The molecular formula is C22H31NO2. The summed E-state index contributed by atoms with van der Waals surface area (Å²) < 4.78 is 5.68. The average Bonchev–Trinajstić information content (AvgIpc) is 2.57. The lowest BCUT2D eigenvalue weighted by atomic mass is 10.1. The largest absolute Gasteiger partial charge is 0.389 e. The minimum absolute atomic E-state index is 0.358. The summed E-state index contributed by atoms with van der Waals surface area (Å²) in [6.45, 7) is 9.91. The van der Waals surface area contributed by atoms with Crippen LogP contribution in [0.25, 0.3) is 0 Å². The van der Waals surface area contributed by atoms with Crippen LogP contribution in [-0.4, -0.2) is 35.8 Å². The van der Waals surface area contributed by atoms with Crippen molar-refractivity contribution in [3.63, 3.8) is 0 Å². The average molecular weight is 341 g/mol. The summed E-state index contributed by atoms with van der Waals surface area (Å²) in [7, 11) is 0. The quantitative estimate of drug-likeness (QED) is 0.708. The maximum atomic E-state index is 10.4. The van der Waals surface area contributed by atoms with Crippen molar-refractivity contribution in [3.8, 4) is 0 Å². The van der Waals surface area contributed by atoms with Crippen molar-refractivity contribution < 1.29 is 9.84 Å². The Hall–Kier alpha value is -1.68. The fraction of sp³-hybridized carbons (Fsp3) is 0.455. The van der Waals surface area contributed by atoms with E-state index in [4.69, 9.17) is 4.74 Å². The van der Waals surface area contributed by atoms with Gasteiger partial charge in [-0.05, 0) is 29.5 Å². The number of hydrogen-bond donors (Lipinski definition) is 1. The van der Waals surface area contributed by atoms with Gasteiger partial charge >= 0.3 is 0 Å². The van der Waals surface area contributed by atoms with Crippen LogP contribution in [0, 0.1) is 12.8 Å². The minimum atomic E-state index is -0.480. The molecule has 0 spiro atoms. The second-order valence-corrected chi connectivity index (χ2v) is 7.17. The summed E-state index contributed by atoms with van der Waals surface area (Å²) in [5, 5.41) is 10.4. The van der Waals surface area contributed by atoms with Crippen molar-refractivity contribution in [2.75, 3.05) is 19.7 Å². The molecule has 2 aromatic carbocycles. The Kier molecular flexibility index (Phi) is 8.13. The van der Waals surface area contributed by atoms with Crippen LogP contribution in [0.15, 0.2) is 54.6 Å². The van der Waals surface area contributed by atoms with Gasteiger partial charge in [0.15, 0.2) is 0 Å². The van der Waals surface area contributed by atoms with E-state index in [2.05, 4.69) is 49.9 Å². The van der Waals surface area contributed by atoms with Crippen LogP contribution in [0.5, 0.6) is 0 Å². The van der Waals surface area contributed by atoms with Crippen molar-refractivity contribution in [1.29, 1.82) is 0 Å². The van der Waals surface area contributed by atoms with Crippen LogP contribution in [-0.2, 0) is 17.9 Å². The van der Waals surface area contributed by atoms with Crippen LogP contribution in [0.2, 0.25) is 0 Å². The number of nitrogens with zero attached hydrogens (tertiary/aromatic N) is 1. The van der Waals surface area contributed by atoms with Gasteiger partial charge in [-0.2, -0.15) is 0 Å². The highest BCUT2D eigenvalue weighted by Crippen LogP contribution is 2.13. The third-order valence-electron chi connectivity index (χ3n) is 4.17. The first-order valence-electron chi connectivity index (χ1n) is 9.11. The van der Waals surface area contributed by atoms with E-state index in [9.17, 15) is 5.11 Å². The number of ether oxygens (including phenoxy) is 1. The van der Waals surface area contributed by atoms with E-state index < -0.39 is 6.10 Å². The van der Waals surface area contributed by atoms with E-state index in [1.165, 1.54) is 11.1 Å². The Labute approximate surface area is 152 Å². The van der Waals surface area contributed by atoms with Crippen LogP contribution in [0.4, 0.5) is 0 Å². The fourth-order valence-corrected chi connectivity index (χ4v) is 2.99. The molecule has 25 heavy (non-hydrogen) atoms. The SMILES string of the molecule is Cc1ccccc1CN(CC(C)C)C[C@H](O)COCc1ccccc1. The van der Waals surface area contributed by atoms with Gasteiger partial charge in [-0.1, -0.05) is 68.4 Å². The van der Waals surface area contributed by atoms with Crippen molar-refractivity contribution in [1.82, 2.24) is 4.90 Å². The minimum Gasteiger partial charge on any atom is -0.389 e. The summed E-state index contributed by atoms with van der Waals surface area (Å²) in [5.74, 6) is 0.557. The molecule has 0 aromatic heterocycles. The van der Waals surface area contributed by atoms with Gasteiger partial charge in [0.25, 0.3) is 0 Å². The van der Waals surface area contributed by atoms with Crippen molar-refractivity contribution in [3.05, 3.63) is 71.3 Å². The summed E-state index contributed by atoms with van der Waals surface area (Å²) in [6, 6.07) is 18.5. The lowest BCUT2D eigenvalue weighted by molar-refractivity contribution is 0.00675. The van der Waals surface area contributed by atoms with Gasteiger partial charge < -0.3 is 9.84 Å². The van der Waals surface area contributed by atoms with Crippen molar-refractivity contribution >= 4 is 0 Å². The third kappa shape index (κ3) is 7.39. The zero-order chi connectivity index (χ0) is 18.1. The monoisotopic (exact) mass is 341 g/mol. The highest BCUT2D eigenvalue weighted by molar-refractivity contribution is 5.25. The Balaban J connectivity index is 1.84. The predicted octanol–water partition coefficient (Wildman–Crippen LogP) is 4.03. The molecule has 1 atom stereocenters. The first-order valence-corrected chi connectivity index (χ1v) is 9.11. The number of benzene rings is 2. The molecule has 2 rings (SSSR count). The maximum Gasteiger partial charge on any atom is 0.0900 e. The first kappa shape index (κ1) is 19.6. The molecule has 1 N–H and O–H groups in total. The Morgan fingerprint density at radius 3 is 2.32 bits per heavy atom. The number of rotatable bonds is 10. The van der Waals surface area contributed by atoms with Gasteiger partial charge in [0.2, 0.25) is 0 Å². The molecule has 0 aliphatic rings. The summed E-state index contributed by atoms with van der Waals surface area (Å²) in [5.41, 5.74) is 3.75. The zero-order valence-electron chi connectivity index (χ0n) is 15.7. The van der Waals surface area contributed by atoms with Gasteiger partial charge in [0.1, 0.15) is 0 Å². The van der Waals surface area contributed by atoms with Crippen LogP contribution in [0.3, 0.4) is 0 Å². The Morgan fingerprint density at radius 1 is 0.960 bits per heavy atom. The van der Waals surface area contributed by atoms with E-state index in [0.29, 0.717) is 25.7 Å². The number of hydrogen-bond acceptors (Lipinski definition) is 3. The van der Waals surface area contributed by atoms with Crippen molar-refractivity contribution in [2.45, 2.75) is 40.0 Å². The topological polar surface area (TPSA) is 32.7 Å².